The monoisotopic (exact) mass is 963 g/mol. The van der Waals surface area contributed by atoms with Crippen LogP contribution < -0.4 is 32.0 Å². The quantitative estimate of drug-likeness (QED) is 0.0810. The number of ketones is 3. The lowest BCUT2D eigenvalue weighted by Gasteiger charge is -2.32. The number of likely N-dealkylation sites (N-methyl/N-ethyl adjacent to an activating group) is 1. The molecule has 2 amide bonds. The fraction of sp³-hybridized carbons (Fsp3) is 0.431. The molecule has 0 aliphatic carbocycles. The number of benzene rings is 3. The molecule has 0 saturated carbocycles. The molecule has 66 heavy (non-hydrogen) atoms. The van der Waals surface area contributed by atoms with Crippen LogP contribution in [0.5, 0.6) is 11.5 Å². The zero-order valence-corrected chi connectivity index (χ0v) is 40.3. The molecule has 0 unspecified atom stereocenters. The molecule has 4 aromatic rings. The number of carbonyl (C=O) groups excluding carboxylic acids is 5. The summed E-state index contributed by atoms with van der Waals surface area (Å²) in [4.78, 5) is 77.2. The van der Waals surface area contributed by atoms with E-state index in [0.717, 1.165) is 5.56 Å². The normalized spacial score (nSPS) is 16.9. The summed E-state index contributed by atoms with van der Waals surface area (Å²) in [6.45, 7) is 10.6. The number of Topliss-reactive ketones (excluding diaryl/α,β-unsaturated/α-hetero) is 3. The van der Waals surface area contributed by atoms with Crippen LogP contribution in [-0.4, -0.2) is 85.0 Å². The number of amides is 2. The number of fused-ring (bicyclic) bond motifs is 5. The Labute approximate surface area is 396 Å². The van der Waals surface area contributed by atoms with E-state index in [-0.39, 0.29) is 88.4 Å². The van der Waals surface area contributed by atoms with Crippen LogP contribution in [0.2, 0.25) is 0 Å². The number of nitrogens with zero attached hydrogens (tertiary/aromatic N) is 3. The van der Waals surface area contributed by atoms with Crippen LogP contribution in [0, 0.1) is 30.1 Å². The number of hydrogen-bond donors (Lipinski definition) is 4. The third-order valence-corrected chi connectivity index (χ3v) is 12.4. The number of aryl methyl sites for hydroxylation is 1. The first kappa shape index (κ1) is 51.2. The maximum atomic E-state index is 14.8. The van der Waals surface area contributed by atoms with Gasteiger partial charge in [0.2, 0.25) is 11.8 Å². The van der Waals surface area contributed by atoms with E-state index >= 15 is 0 Å². The van der Waals surface area contributed by atoms with Gasteiger partial charge in [-0.15, -0.1) is 0 Å². The minimum atomic E-state index is -1.24. The van der Waals surface area contributed by atoms with Gasteiger partial charge in [0.1, 0.15) is 30.8 Å². The van der Waals surface area contributed by atoms with Crippen LogP contribution in [0.4, 0.5) is 0 Å². The molecule has 0 radical (unpaired) electrons. The Morgan fingerprint density at radius 3 is 2.17 bits per heavy atom. The second-order valence-electron chi connectivity index (χ2n) is 17.9. The molecule has 3 aromatic carbocycles. The van der Waals surface area contributed by atoms with E-state index in [9.17, 15) is 29.2 Å². The SMILES string of the molecule is Cc1nc(-c2ccc(C(C)(C)C)cc2)c(Br)cc1C(=O)C[C@@H](CCN)C(=O)N(C)[C@@H]1C(=O)C[C@@H](C)C(=O)N[C@H](C(=O)CCC#N)Cc2ccc(OCCN)c(c2)-c2cc1ccc2OCCN. The molecule has 0 saturated heterocycles. The molecular formula is C51H62BrN7O7. The summed E-state index contributed by atoms with van der Waals surface area (Å²) in [6.07, 6.45) is -0.367. The lowest BCUT2D eigenvalue weighted by Crippen LogP contribution is -2.46. The first-order chi connectivity index (χ1) is 31.4. The number of halogens is 1. The van der Waals surface area contributed by atoms with Crippen molar-refractivity contribution in [1.29, 1.82) is 5.26 Å². The first-order valence-corrected chi connectivity index (χ1v) is 23.1. The smallest absolute Gasteiger partial charge is 0.226 e. The van der Waals surface area contributed by atoms with Crippen molar-refractivity contribution < 1.29 is 33.4 Å². The van der Waals surface area contributed by atoms with Gasteiger partial charge >= 0.3 is 0 Å². The maximum absolute atomic E-state index is 14.8. The van der Waals surface area contributed by atoms with E-state index in [0.29, 0.717) is 55.2 Å². The highest BCUT2D eigenvalue weighted by Gasteiger charge is 2.36. The molecule has 1 aliphatic rings. The molecule has 5 rings (SSSR count). The molecule has 7 N–H and O–H groups in total. The van der Waals surface area contributed by atoms with Gasteiger partial charge < -0.3 is 36.9 Å². The van der Waals surface area contributed by atoms with Gasteiger partial charge in [-0.3, -0.25) is 29.0 Å². The largest absolute Gasteiger partial charge is 0.492 e. The predicted octanol–water partition coefficient (Wildman–Crippen LogP) is 6.71. The number of ether oxygens (including phenoxy) is 2. The minimum absolute atomic E-state index is 0.0226. The van der Waals surface area contributed by atoms with Crippen molar-refractivity contribution in [3.63, 3.8) is 0 Å². The second-order valence-corrected chi connectivity index (χ2v) is 18.7. The average molecular weight is 965 g/mol. The van der Waals surface area contributed by atoms with Crippen molar-refractivity contribution >= 4 is 45.1 Å². The van der Waals surface area contributed by atoms with Gasteiger partial charge in [-0.1, -0.05) is 64.1 Å². The summed E-state index contributed by atoms with van der Waals surface area (Å²) >= 11 is 3.64. The maximum Gasteiger partial charge on any atom is 0.226 e. The van der Waals surface area contributed by atoms with Gasteiger partial charge in [-0.05, 0) is 94.7 Å². The lowest BCUT2D eigenvalue weighted by atomic mass is 9.86. The highest BCUT2D eigenvalue weighted by Crippen LogP contribution is 2.41. The van der Waals surface area contributed by atoms with Gasteiger partial charge in [-0.25, -0.2) is 0 Å². The number of carbonyl (C=O) groups is 5. The molecule has 0 fully saturated rings. The van der Waals surface area contributed by atoms with Gasteiger partial charge in [0.25, 0.3) is 0 Å². The standard InChI is InChI=1S/C51H62BrN7O7/c1-30-24-44(62)48(59(6)50(64)35(17-19-54)28-43(61)37-29-40(52)47(57-31(37)2)33-10-13-36(14-11-33)51(3,4)5)34-12-16-46(66-23-21-56)39(27-34)38-25-32(9-15-45(38)65-22-20-55)26-41(58-49(30)63)42(60)8-7-18-53/h9-16,25,27,29-30,35,41,48H,7-8,17,19-24,26,28,54-56H2,1-6H3,(H,58,63)/t30-,35-,41+,48+/m1/s1. The Morgan fingerprint density at radius 2 is 1.56 bits per heavy atom. The number of pyridine rings is 1. The van der Waals surface area contributed by atoms with Crippen molar-refractivity contribution in [3.05, 3.63) is 99.2 Å². The molecular weight excluding hydrogens is 903 g/mol. The first-order valence-electron chi connectivity index (χ1n) is 22.4. The summed E-state index contributed by atoms with van der Waals surface area (Å²) in [5.74, 6) is -3.11. The van der Waals surface area contributed by atoms with Crippen LogP contribution >= 0.6 is 15.9 Å². The molecule has 15 heteroatoms. The summed E-state index contributed by atoms with van der Waals surface area (Å²) < 4.78 is 12.9. The van der Waals surface area contributed by atoms with Gasteiger partial charge in [0.05, 0.1) is 17.8 Å². The van der Waals surface area contributed by atoms with Crippen molar-refractivity contribution in [2.45, 2.75) is 90.6 Å². The summed E-state index contributed by atoms with van der Waals surface area (Å²) in [6, 6.07) is 20.1. The fourth-order valence-corrected chi connectivity index (χ4v) is 8.72. The number of rotatable bonds is 17. The molecule has 4 bridgehead atoms. The summed E-state index contributed by atoms with van der Waals surface area (Å²) in [7, 11) is 1.51. The van der Waals surface area contributed by atoms with E-state index in [4.69, 9.17) is 31.7 Å². The zero-order chi connectivity index (χ0) is 48.3. The molecule has 350 valence electrons. The zero-order valence-electron chi connectivity index (χ0n) is 38.7. The van der Waals surface area contributed by atoms with E-state index in [1.54, 1.807) is 50.2 Å². The van der Waals surface area contributed by atoms with Crippen LogP contribution in [-0.2, 0) is 31.0 Å². The fourth-order valence-electron chi connectivity index (χ4n) is 8.17. The number of hydrogen-bond acceptors (Lipinski definition) is 12. The van der Waals surface area contributed by atoms with Crippen LogP contribution in [0.25, 0.3) is 22.4 Å². The second kappa shape index (κ2) is 23.1. The molecule has 4 atom stereocenters. The lowest BCUT2D eigenvalue weighted by molar-refractivity contribution is -0.142. The average Bonchev–Trinajstić information content (AvgIpc) is 3.29. The van der Waals surface area contributed by atoms with Crippen LogP contribution in [0.1, 0.15) is 98.6 Å². The topological polar surface area (TPSA) is 234 Å². The van der Waals surface area contributed by atoms with E-state index in [1.807, 2.05) is 24.3 Å². The van der Waals surface area contributed by atoms with Crippen molar-refractivity contribution in [1.82, 2.24) is 15.2 Å². The Balaban J connectivity index is 1.57. The number of nitrogens with one attached hydrogen (secondary N) is 1. The van der Waals surface area contributed by atoms with E-state index < -0.39 is 41.5 Å². The Kier molecular flexibility index (Phi) is 17.9. The third kappa shape index (κ3) is 12.6. The number of aromatic nitrogens is 1. The predicted molar refractivity (Wildman–Crippen MR) is 258 cm³/mol. The van der Waals surface area contributed by atoms with Gasteiger partial charge in [0.15, 0.2) is 17.3 Å². The highest BCUT2D eigenvalue weighted by molar-refractivity contribution is 9.10. The Morgan fingerprint density at radius 1 is 0.924 bits per heavy atom. The summed E-state index contributed by atoms with van der Waals surface area (Å²) in [5.41, 5.74) is 23.5. The Hall–Kier alpha value is -5.79. The molecule has 1 aliphatic heterocycles. The summed E-state index contributed by atoms with van der Waals surface area (Å²) in [5, 5.41) is 12.1. The van der Waals surface area contributed by atoms with Crippen molar-refractivity contribution in [2.75, 3.05) is 39.9 Å². The minimum Gasteiger partial charge on any atom is -0.492 e. The van der Waals surface area contributed by atoms with Gasteiger partial charge in [0, 0.05) is 90.1 Å². The number of nitriles is 1. The van der Waals surface area contributed by atoms with Crippen molar-refractivity contribution in [2.24, 2.45) is 29.0 Å². The Bertz CT molecular complexity index is 2460. The molecule has 0 spiro atoms. The van der Waals surface area contributed by atoms with Crippen molar-refractivity contribution in [3.8, 4) is 40.0 Å². The van der Waals surface area contributed by atoms with E-state index in [1.165, 1.54) is 17.5 Å². The molecule has 2 heterocycles. The van der Waals surface area contributed by atoms with Gasteiger partial charge in [-0.2, -0.15) is 5.26 Å². The molecule has 1 aromatic heterocycles. The molecule has 14 nitrogen and oxygen atoms in total. The third-order valence-electron chi connectivity index (χ3n) is 11.8. The highest BCUT2D eigenvalue weighted by atomic mass is 79.9. The van der Waals surface area contributed by atoms with Crippen LogP contribution in [0.15, 0.2) is 71.2 Å². The van der Waals surface area contributed by atoms with Crippen LogP contribution in [0.3, 0.4) is 0 Å². The number of nitrogens with two attached hydrogens (primary N) is 3. The van der Waals surface area contributed by atoms with E-state index in [2.05, 4.69) is 54.2 Å².